The lowest BCUT2D eigenvalue weighted by molar-refractivity contribution is -0.123. The van der Waals surface area contributed by atoms with Gasteiger partial charge in [-0.3, -0.25) is 9.59 Å². The number of benzene rings is 4. The van der Waals surface area contributed by atoms with Crippen LogP contribution in [0.3, 0.4) is 0 Å². The summed E-state index contributed by atoms with van der Waals surface area (Å²) in [5.74, 6) is 1.04. The van der Waals surface area contributed by atoms with Crippen LogP contribution in [0.5, 0.6) is 34.5 Å². The van der Waals surface area contributed by atoms with Gasteiger partial charge in [-0.2, -0.15) is 10.2 Å². The minimum Gasteiger partial charge on any atom is -0.507 e. The van der Waals surface area contributed by atoms with Crippen LogP contribution in [0.1, 0.15) is 11.1 Å². The van der Waals surface area contributed by atoms with Gasteiger partial charge < -0.3 is 29.2 Å². The smallest absolute Gasteiger partial charge is 0.277 e. The average molecular weight is 573 g/mol. The molecule has 0 saturated carbocycles. The van der Waals surface area contributed by atoms with Crippen LogP contribution in [-0.4, -0.2) is 61.9 Å². The van der Waals surface area contributed by atoms with E-state index < -0.39 is 11.8 Å². The number of amides is 2. The Morgan fingerprint density at radius 1 is 0.643 bits per heavy atom. The van der Waals surface area contributed by atoms with E-state index in [1.54, 1.807) is 60.7 Å². The summed E-state index contributed by atoms with van der Waals surface area (Å²) < 4.78 is 21.3. The second-order valence-corrected chi connectivity index (χ2v) is 8.68. The summed E-state index contributed by atoms with van der Waals surface area (Å²) >= 11 is 0. The van der Waals surface area contributed by atoms with Gasteiger partial charge in [-0.1, -0.05) is 12.1 Å². The number of fused-ring (bicyclic) bond motifs is 1. The predicted molar refractivity (Wildman–Crippen MR) is 156 cm³/mol. The molecule has 0 spiro atoms. The number of rotatable bonds is 12. The van der Waals surface area contributed by atoms with E-state index >= 15 is 0 Å². The maximum absolute atomic E-state index is 12.1. The highest BCUT2D eigenvalue weighted by atomic mass is 16.5. The molecule has 0 heterocycles. The van der Waals surface area contributed by atoms with Crippen molar-refractivity contribution >= 4 is 35.0 Å². The Bertz CT molecular complexity index is 1520. The van der Waals surface area contributed by atoms with Crippen LogP contribution in [0.4, 0.5) is 0 Å². The molecular weight excluding hydrogens is 544 g/mol. The lowest BCUT2D eigenvalue weighted by atomic mass is 10.1. The number of nitrogens with zero attached hydrogens (tertiary/aromatic N) is 2. The number of phenols is 2. The number of phenolic OH excluding ortho intramolecular Hbond substituents is 2. The number of methoxy groups -OCH3 is 2. The monoisotopic (exact) mass is 572 g/mol. The minimum atomic E-state index is -0.486. The zero-order valence-electron chi connectivity index (χ0n) is 22.7. The first kappa shape index (κ1) is 29.2. The van der Waals surface area contributed by atoms with E-state index in [1.165, 1.54) is 38.8 Å². The van der Waals surface area contributed by atoms with Crippen molar-refractivity contribution in [2.45, 2.75) is 0 Å². The van der Waals surface area contributed by atoms with E-state index in [9.17, 15) is 19.8 Å². The molecule has 0 aliphatic carbocycles. The third-order valence-electron chi connectivity index (χ3n) is 5.78. The van der Waals surface area contributed by atoms with E-state index in [0.29, 0.717) is 34.1 Å². The number of hydrogen-bond donors (Lipinski definition) is 4. The molecule has 0 radical (unpaired) electrons. The van der Waals surface area contributed by atoms with E-state index in [0.717, 1.165) is 10.8 Å². The van der Waals surface area contributed by atoms with Crippen LogP contribution in [-0.2, 0) is 9.59 Å². The maximum atomic E-state index is 12.1. The number of carbonyl (C=O) groups is 2. The molecular formula is C30H28N4O8. The fourth-order valence-corrected chi connectivity index (χ4v) is 3.62. The highest BCUT2D eigenvalue weighted by Crippen LogP contribution is 2.25. The van der Waals surface area contributed by atoms with Crippen molar-refractivity contribution in [3.8, 4) is 34.5 Å². The fourth-order valence-electron chi connectivity index (χ4n) is 3.62. The summed E-state index contributed by atoms with van der Waals surface area (Å²) in [6, 6.07) is 19.8. The van der Waals surface area contributed by atoms with Crippen molar-refractivity contribution in [1.82, 2.24) is 10.9 Å². The zero-order chi connectivity index (χ0) is 29.9. The first-order chi connectivity index (χ1) is 20.3. The fraction of sp³-hybridized carbons (Fsp3) is 0.133. The van der Waals surface area contributed by atoms with E-state index in [4.69, 9.17) is 18.9 Å². The number of ether oxygens (including phenoxy) is 4. The molecule has 0 saturated heterocycles. The number of carbonyl (C=O) groups excluding carboxylic acids is 2. The van der Waals surface area contributed by atoms with Gasteiger partial charge in [0.25, 0.3) is 11.8 Å². The summed E-state index contributed by atoms with van der Waals surface area (Å²) in [6.07, 6.45) is 2.60. The first-order valence-corrected chi connectivity index (χ1v) is 12.5. The summed E-state index contributed by atoms with van der Waals surface area (Å²) in [5.41, 5.74) is 5.45. The summed E-state index contributed by atoms with van der Waals surface area (Å²) in [7, 11) is 3.01. The van der Waals surface area contributed by atoms with Gasteiger partial charge in [0.2, 0.25) is 0 Å². The van der Waals surface area contributed by atoms with Crippen LogP contribution in [0.25, 0.3) is 10.8 Å². The number of hydrogen-bond acceptors (Lipinski definition) is 10. The highest BCUT2D eigenvalue weighted by Gasteiger charge is 2.07. The SMILES string of the molecule is COc1ccc(O)c(C=NNC(=O)COc2ccc3cc(OCC(=O)NN=Cc4cc(OC)ccc4O)ccc3c2)c1. The molecule has 0 bridgehead atoms. The lowest BCUT2D eigenvalue weighted by Gasteiger charge is -2.09. The van der Waals surface area contributed by atoms with Gasteiger partial charge in [-0.05, 0) is 71.4 Å². The standard InChI is InChI=1S/C30H28N4O8/c1-39-23-7-9-27(35)21(13-23)15-31-33-29(37)17-41-25-5-3-20-12-26(6-4-19(20)11-25)42-18-30(38)34-32-16-22-14-24(40-2)8-10-28(22)36/h3-16,35-36H,17-18H2,1-2H3,(H,33,37)(H,34,38). The second-order valence-electron chi connectivity index (χ2n) is 8.68. The molecule has 0 aliphatic rings. The summed E-state index contributed by atoms with van der Waals surface area (Å²) in [4.78, 5) is 24.2. The van der Waals surface area contributed by atoms with Crippen molar-refractivity contribution in [2.75, 3.05) is 27.4 Å². The van der Waals surface area contributed by atoms with E-state index in [-0.39, 0.29) is 24.7 Å². The molecule has 0 fully saturated rings. The highest BCUT2D eigenvalue weighted by molar-refractivity contribution is 5.88. The van der Waals surface area contributed by atoms with E-state index in [2.05, 4.69) is 21.1 Å². The number of nitrogens with one attached hydrogen (secondary N) is 2. The van der Waals surface area contributed by atoms with Crippen molar-refractivity contribution < 1.29 is 38.7 Å². The van der Waals surface area contributed by atoms with Gasteiger partial charge in [0.05, 0.1) is 26.6 Å². The first-order valence-electron chi connectivity index (χ1n) is 12.5. The number of aromatic hydroxyl groups is 2. The Morgan fingerprint density at radius 3 is 1.45 bits per heavy atom. The van der Waals surface area contributed by atoms with Crippen LogP contribution in [0.15, 0.2) is 83.0 Å². The topological polar surface area (TPSA) is 160 Å². The molecule has 216 valence electrons. The van der Waals surface area contributed by atoms with Gasteiger partial charge in [0.15, 0.2) is 13.2 Å². The van der Waals surface area contributed by atoms with Crippen LogP contribution in [0.2, 0.25) is 0 Å². The van der Waals surface area contributed by atoms with Crippen LogP contribution < -0.4 is 29.8 Å². The Morgan fingerprint density at radius 2 is 1.05 bits per heavy atom. The molecule has 12 nitrogen and oxygen atoms in total. The van der Waals surface area contributed by atoms with Gasteiger partial charge in [0, 0.05) is 11.1 Å². The van der Waals surface area contributed by atoms with Crippen molar-refractivity contribution in [3.63, 3.8) is 0 Å². The van der Waals surface area contributed by atoms with Crippen molar-refractivity contribution in [2.24, 2.45) is 10.2 Å². The average Bonchev–Trinajstić information content (AvgIpc) is 3.00. The Kier molecular flexibility index (Phi) is 9.76. The lowest BCUT2D eigenvalue weighted by Crippen LogP contribution is -2.24. The Labute approximate surface area is 240 Å². The molecule has 0 aromatic heterocycles. The van der Waals surface area contributed by atoms with Crippen LogP contribution >= 0.6 is 0 Å². The van der Waals surface area contributed by atoms with Gasteiger partial charge in [-0.15, -0.1) is 0 Å². The maximum Gasteiger partial charge on any atom is 0.277 e. The van der Waals surface area contributed by atoms with Crippen molar-refractivity contribution in [1.29, 1.82) is 0 Å². The molecule has 0 aliphatic heterocycles. The third-order valence-corrected chi connectivity index (χ3v) is 5.78. The normalized spacial score (nSPS) is 11.0. The van der Waals surface area contributed by atoms with Gasteiger partial charge in [-0.25, -0.2) is 10.9 Å². The van der Waals surface area contributed by atoms with Crippen molar-refractivity contribution in [3.05, 3.63) is 83.9 Å². The molecule has 2 amide bonds. The Balaban J connectivity index is 1.24. The predicted octanol–water partition coefficient (Wildman–Crippen LogP) is 3.33. The van der Waals surface area contributed by atoms with Gasteiger partial charge >= 0.3 is 0 Å². The second kappa shape index (κ2) is 14.0. The third kappa shape index (κ3) is 8.11. The minimum absolute atomic E-state index is 0.00500. The van der Waals surface area contributed by atoms with Crippen LogP contribution in [0, 0.1) is 0 Å². The van der Waals surface area contributed by atoms with Gasteiger partial charge in [0.1, 0.15) is 34.5 Å². The molecule has 0 atom stereocenters. The molecule has 0 unspecified atom stereocenters. The molecule has 4 rings (SSSR count). The summed E-state index contributed by atoms with van der Waals surface area (Å²) in [6.45, 7) is -0.549. The molecule has 4 aromatic rings. The summed E-state index contributed by atoms with van der Waals surface area (Å²) in [5, 5.41) is 29.1. The van der Waals surface area contributed by atoms with E-state index in [1.807, 2.05) is 0 Å². The quantitative estimate of drug-likeness (QED) is 0.149. The number of hydrazone groups is 2. The zero-order valence-corrected chi connectivity index (χ0v) is 22.7. The Hall–Kier alpha value is -5.78. The molecule has 42 heavy (non-hydrogen) atoms. The molecule has 12 heteroatoms. The largest absolute Gasteiger partial charge is 0.507 e. The molecule has 4 N–H and O–H groups in total. The molecule has 4 aromatic carbocycles.